The Morgan fingerprint density at radius 2 is 1.97 bits per heavy atom. The van der Waals surface area contributed by atoms with Crippen molar-refractivity contribution in [1.29, 1.82) is 0 Å². The predicted octanol–water partition coefficient (Wildman–Crippen LogP) is 4.65. The van der Waals surface area contributed by atoms with Gasteiger partial charge in [0, 0.05) is 48.2 Å². The van der Waals surface area contributed by atoms with Crippen LogP contribution in [0.25, 0.3) is 0 Å². The van der Waals surface area contributed by atoms with Crippen LogP contribution in [0.4, 0.5) is 11.4 Å². The molecule has 0 aliphatic carbocycles. The summed E-state index contributed by atoms with van der Waals surface area (Å²) in [7, 11) is 5.43. The zero-order chi connectivity index (χ0) is 24.8. The minimum atomic E-state index is -0.284. The maximum absolute atomic E-state index is 13.1. The summed E-state index contributed by atoms with van der Waals surface area (Å²) in [6, 6.07) is 12.6. The number of guanidine groups is 1. The number of aliphatic imine (C=N–C) groups is 1. The van der Waals surface area contributed by atoms with Crippen molar-refractivity contribution in [2.24, 2.45) is 4.99 Å². The summed E-state index contributed by atoms with van der Waals surface area (Å²) in [5.74, 6) is 0.574. The maximum Gasteiger partial charge on any atom is 0.258 e. The maximum atomic E-state index is 13.1. The van der Waals surface area contributed by atoms with E-state index >= 15 is 0 Å². The van der Waals surface area contributed by atoms with Gasteiger partial charge >= 0.3 is 0 Å². The van der Waals surface area contributed by atoms with E-state index in [1.807, 2.05) is 62.6 Å². The average Bonchev–Trinajstić information content (AvgIpc) is 3.10. The number of hydrogen-bond donors (Lipinski definition) is 2. The number of aryl methyl sites for hydroxylation is 2. The van der Waals surface area contributed by atoms with E-state index in [0.717, 1.165) is 29.2 Å². The van der Waals surface area contributed by atoms with E-state index in [0.29, 0.717) is 28.6 Å². The lowest BCUT2D eigenvalue weighted by Crippen LogP contribution is -2.36. The first-order chi connectivity index (χ1) is 16.2. The summed E-state index contributed by atoms with van der Waals surface area (Å²) in [5, 5.41) is 11.2. The molecule has 180 valence electrons. The number of benzene rings is 2. The lowest BCUT2D eigenvalue weighted by atomic mass is 10.2. The van der Waals surface area contributed by atoms with Crippen molar-refractivity contribution in [2.75, 3.05) is 31.4 Å². The molecule has 0 bridgehead atoms. The van der Waals surface area contributed by atoms with Crippen LogP contribution in [0.1, 0.15) is 34.2 Å². The Hall–Kier alpha value is -3.52. The number of amides is 1. The summed E-state index contributed by atoms with van der Waals surface area (Å²) < 4.78 is 7.39. The minimum Gasteiger partial charge on any atom is -0.495 e. The Labute approximate surface area is 205 Å². The summed E-state index contributed by atoms with van der Waals surface area (Å²) in [5.41, 5.74) is 5.01. The van der Waals surface area contributed by atoms with Gasteiger partial charge in [-0.05, 0) is 57.2 Å². The van der Waals surface area contributed by atoms with Gasteiger partial charge in [-0.3, -0.25) is 14.8 Å². The number of nitrogens with one attached hydrogen (secondary N) is 2. The molecule has 34 heavy (non-hydrogen) atoms. The molecular weight excluding hydrogens is 452 g/mol. The third-order valence-electron chi connectivity index (χ3n) is 5.50. The minimum absolute atomic E-state index is 0.281. The van der Waals surface area contributed by atoms with Crippen LogP contribution >= 0.6 is 11.6 Å². The van der Waals surface area contributed by atoms with E-state index in [1.54, 1.807) is 31.4 Å². The Balaban J connectivity index is 1.94. The predicted molar refractivity (Wildman–Crippen MR) is 138 cm³/mol. The molecular formula is C25H31ClN6O2. The number of aromatic nitrogens is 2. The normalized spacial score (nSPS) is 11.3. The van der Waals surface area contributed by atoms with E-state index in [1.165, 1.54) is 0 Å². The monoisotopic (exact) mass is 482 g/mol. The summed E-state index contributed by atoms with van der Waals surface area (Å²) in [4.78, 5) is 19.8. The SMILES string of the molecule is CCn1nc(C)c(CN=C(NC(=O)c2cccc(N(C)C)c2)Nc2cc(Cl)ccc2OC)c1C. The lowest BCUT2D eigenvalue weighted by molar-refractivity contribution is 0.0977. The van der Waals surface area contributed by atoms with Crippen molar-refractivity contribution >= 4 is 34.8 Å². The van der Waals surface area contributed by atoms with E-state index in [2.05, 4.69) is 15.7 Å². The van der Waals surface area contributed by atoms with Gasteiger partial charge in [-0.15, -0.1) is 0 Å². The molecule has 1 aromatic heterocycles. The highest BCUT2D eigenvalue weighted by Crippen LogP contribution is 2.27. The zero-order valence-corrected chi connectivity index (χ0v) is 21.2. The van der Waals surface area contributed by atoms with Crippen LogP contribution in [0.3, 0.4) is 0 Å². The van der Waals surface area contributed by atoms with E-state index < -0.39 is 0 Å². The van der Waals surface area contributed by atoms with Crippen LogP contribution in [0.2, 0.25) is 5.02 Å². The van der Waals surface area contributed by atoms with Crippen LogP contribution in [0.15, 0.2) is 47.5 Å². The summed E-state index contributed by atoms with van der Waals surface area (Å²) in [6.07, 6.45) is 0. The average molecular weight is 483 g/mol. The Morgan fingerprint density at radius 1 is 1.21 bits per heavy atom. The van der Waals surface area contributed by atoms with Crippen LogP contribution < -0.4 is 20.3 Å². The highest BCUT2D eigenvalue weighted by atomic mass is 35.5. The van der Waals surface area contributed by atoms with E-state index in [9.17, 15) is 4.79 Å². The molecule has 3 aromatic rings. The molecule has 0 unspecified atom stereocenters. The fourth-order valence-corrected chi connectivity index (χ4v) is 3.72. The van der Waals surface area contributed by atoms with E-state index in [4.69, 9.17) is 21.3 Å². The first-order valence-electron chi connectivity index (χ1n) is 11.0. The van der Waals surface area contributed by atoms with Gasteiger partial charge < -0.3 is 15.0 Å². The van der Waals surface area contributed by atoms with Gasteiger partial charge in [-0.1, -0.05) is 17.7 Å². The zero-order valence-electron chi connectivity index (χ0n) is 20.4. The van der Waals surface area contributed by atoms with Gasteiger partial charge in [0.15, 0.2) is 0 Å². The molecule has 1 heterocycles. The molecule has 0 atom stereocenters. The second kappa shape index (κ2) is 11.1. The molecule has 3 rings (SSSR count). The van der Waals surface area contributed by atoms with Gasteiger partial charge in [0.1, 0.15) is 5.75 Å². The Kier molecular flexibility index (Phi) is 8.17. The fourth-order valence-electron chi connectivity index (χ4n) is 3.55. The molecule has 2 aromatic carbocycles. The third-order valence-corrected chi connectivity index (χ3v) is 5.73. The molecule has 2 N–H and O–H groups in total. The highest BCUT2D eigenvalue weighted by molar-refractivity contribution is 6.31. The van der Waals surface area contributed by atoms with Crippen molar-refractivity contribution in [1.82, 2.24) is 15.1 Å². The summed E-state index contributed by atoms with van der Waals surface area (Å²) in [6.45, 7) is 7.16. The van der Waals surface area contributed by atoms with Crippen LogP contribution in [-0.4, -0.2) is 42.9 Å². The largest absolute Gasteiger partial charge is 0.495 e. The number of nitrogens with zero attached hydrogens (tertiary/aromatic N) is 4. The van der Waals surface area contributed by atoms with Crippen molar-refractivity contribution < 1.29 is 9.53 Å². The Morgan fingerprint density at radius 3 is 2.62 bits per heavy atom. The standard InChI is InChI=1S/C25H31ClN6O2/c1-7-32-17(3)21(16(2)30-32)15-27-25(28-22-14-19(26)11-12-23(22)34-6)29-24(33)18-9-8-10-20(13-18)31(4)5/h8-14H,7,15H2,1-6H3,(H2,27,28,29,33). The van der Waals surface area contributed by atoms with Crippen LogP contribution in [-0.2, 0) is 13.1 Å². The molecule has 0 aliphatic rings. The lowest BCUT2D eigenvalue weighted by Gasteiger charge is -2.16. The number of carbonyl (C=O) groups is 1. The molecule has 1 amide bonds. The second-order valence-electron chi connectivity index (χ2n) is 8.00. The molecule has 0 spiro atoms. The Bertz CT molecular complexity index is 1200. The molecule has 0 aliphatic heterocycles. The molecule has 0 saturated heterocycles. The number of ether oxygens (including phenoxy) is 1. The first kappa shape index (κ1) is 25.1. The topological polar surface area (TPSA) is 83.8 Å². The van der Waals surface area contributed by atoms with Gasteiger partial charge in [0.05, 0.1) is 25.0 Å². The number of carbonyl (C=O) groups excluding carboxylic acids is 1. The van der Waals surface area contributed by atoms with Gasteiger partial charge in [0.2, 0.25) is 5.96 Å². The number of rotatable bonds is 7. The fraction of sp³-hybridized carbons (Fsp3) is 0.320. The third kappa shape index (κ3) is 5.88. The van der Waals surface area contributed by atoms with E-state index in [-0.39, 0.29) is 11.9 Å². The number of hydrogen-bond acceptors (Lipinski definition) is 5. The van der Waals surface area contributed by atoms with Crippen molar-refractivity contribution in [3.8, 4) is 5.75 Å². The van der Waals surface area contributed by atoms with Crippen molar-refractivity contribution in [3.63, 3.8) is 0 Å². The van der Waals surface area contributed by atoms with Gasteiger partial charge in [-0.2, -0.15) is 5.10 Å². The molecule has 0 saturated carbocycles. The summed E-state index contributed by atoms with van der Waals surface area (Å²) >= 11 is 6.20. The van der Waals surface area contributed by atoms with Gasteiger partial charge in [0.25, 0.3) is 5.91 Å². The first-order valence-corrected chi connectivity index (χ1v) is 11.4. The number of methoxy groups -OCH3 is 1. The van der Waals surface area contributed by atoms with Crippen LogP contribution in [0, 0.1) is 13.8 Å². The van der Waals surface area contributed by atoms with Crippen LogP contribution in [0.5, 0.6) is 5.75 Å². The molecule has 0 fully saturated rings. The smallest absolute Gasteiger partial charge is 0.258 e. The highest BCUT2D eigenvalue weighted by Gasteiger charge is 2.15. The van der Waals surface area contributed by atoms with Crippen molar-refractivity contribution in [2.45, 2.75) is 33.9 Å². The quantitative estimate of drug-likeness (QED) is 0.378. The van der Waals surface area contributed by atoms with Crippen molar-refractivity contribution in [3.05, 3.63) is 70.0 Å². The molecule has 0 radical (unpaired) electrons. The molecule has 9 heteroatoms. The number of halogens is 1. The number of anilines is 2. The second-order valence-corrected chi connectivity index (χ2v) is 8.43. The molecule has 8 nitrogen and oxygen atoms in total. The van der Waals surface area contributed by atoms with Gasteiger partial charge in [-0.25, -0.2) is 4.99 Å².